The maximum atomic E-state index is 11.7. The summed E-state index contributed by atoms with van der Waals surface area (Å²) in [6.07, 6.45) is 0.782. The number of carboxylic acid groups (broad SMARTS) is 1. The molecule has 0 spiro atoms. The summed E-state index contributed by atoms with van der Waals surface area (Å²) >= 11 is 0. The molecule has 1 saturated heterocycles. The zero-order valence-electron chi connectivity index (χ0n) is 11.3. The van der Waals surface area contributed by atoms with E-state index in [1.165, 1.54) is 0 Å². The molecule has 0 aromatic rings. The first kappa shape index (κ1) is 16.2. The van der Waals surface area contributed by atoms with Gasteiger partial charge in [-0.1, -0.05) is 0 Å². The Morgan fingerprint density at radius 3 is 2.30 bits per heavy atom. The predicted molar refractivity (Wildman–Crippen MR) is 70.1 cm³/mol. The molecule has 1 aliphatic rings. The minimum absolute atomic E-state index is 0.0316. The number of aliphatic hydroxyl groups excluding tert-OH is 1. The largest absolute Gasteiger partial charge is 0.479 e. The van der Waals surface area contributed by atoms with E-state index < -0.39 is 18.1 Å². The van der Waals surface area contributed by atoms with Gasteiger partial charge >= 0.3 is 12.0 Å². The third-order valence-electron chi connectivity index (χ3n) is 3.07. The molecule has 0 aliphatic carbocycles. The molecule has 0 radical (unpaired) electrons. The van der Waals surface area contributed by atoms with E-state index in [0.29, 0.717) is 0 Å². The van der Waals surface area contributed by atoms with Gasteiger partial charge < -0.3 is 25.7 Å². The number of carboxylic acids is 1. The van der Waals surface area contributed by atoms with Crippen LogP contribution in [0.2, 0.25) is 0 Å². The van der Waals surface area contributed by atoms with Crippen molar-refractivity contribution in [3.8, 4) is 0 Å². The minimum atomic E-state index is -1.48. The number of hydrogen-bond donors (Lipinski definition) is 4. The number of nitrogens with one attached hydrogen (secondary N) is 2. The molecular weight excluding hydrogens is 266 g/mol. The summed E-state index contributed by atoms with van der Waals surface area (Å²) < 4.78 is 0. The Balaban J connectivity index is 2.05. The number of nitrogens with zero attached hydrogens (tertiary/aromatic N) is 1. The number of hydrogen-bond acceptors (Lipinski definition) is 4. The van der Waals surface area contributed by atoms with Gasteiger partial charge in [-0.15, -0.1) is 0 Å². The third-order valence-corrected chi connectivity index (χ3v) is 3.07. The summed E-state index contributed by atoms with van der Waals surface area (Å²) in [6, 6.07) is -0.475. The molecule has 1 aliphatic heterocycles. The van der Waals surface area contributed by atoms with Gasteiger partial charge in [-0.05, 0) is 12.8 Å². The average Bonchev–Trinajstić information content (AvgIpc) is 2.92. The lowest BCUT2D eigenvalue weighted by molar-refractivity contribution is -0.146. The second-order valence-corrected chi connectivity index (χ2v) is 4.66. The van der Waals surface area contributed by atoms with Crippen molar-refractivity contribution >= 4 is 17.9 Å². The third kappa shape index (κ3) is 5.87. The van der Waals surface area contributed by atoms with Crippen LogP contribution in [-0.2, 0) is 9.59 Å². The minimum Gasteiger partial charge on any atom is -0.479 e. The van der Waals surface area contributed by atoms with Crippen LogP contribution in [0.4, 0.5) is 4.79 Å². The normalized spacial score (nSPS) is 15.8. The summed E-state index contributed by atoms with van der Waals surface area (Å²) in [4.78, 5) is 35.1. The highest BCUT2D eigenvalue weighted by molar-refractivity contribution is 5.78. The number of carbonyl (C=O) groups is 3. The van der Waals surface area contributed by atoms with Gasteiger partial charge in [-0.25, -0.2) is 9.59 Å². The highest BCUT2D eigenvalue weighted by Crippen LogP contribution is 2.08. The van der Waals surface area contributed by atoms with Crippen molar-refractivity contribution in [3.05, 3.63) is 0 Å². The zero-order valence-corrected chi connectivity index (χ0v) is 11.3. The molecule has 8 heteroatoms. The fraction of sp³-hybridized carbons (Fsp3) is 0.750. The quantitative estimate of drug-likeness (QED) is 0.485. The van der Waals surface area contributed by atoms with Crippen LogP contribution in [0.15, 0.2) is 0 Å². The van der Waals surface area contributed by atoms with Crippen molar-refractivity contribution in [1.82, 2.24) is 15.5 Å². The van der Waals surface area contributed by atoms with Crippen LogP contribution in [0.25, 0.3) is 0 Å². The highest BCUT2D eigenvalue weighted by Gasteiger charge is 2.17. The van der Waals surface area contributed by atoms with Gasteiger partial charge in [0.05, 0.1) is 0 Å². The van der Waals surface area contributed by atoms with E-state index in [4.69, 9.17) is 10.2 Å². The van der Waals surface area contributed by atoms with Crippen molar-refractivity contribution in [3.63, 3.8) is 0 Å². The summed E-state index contributed by atoms with van der Waals surface area (Å²) in [5.41, 5.74) is 0. The SMILES string of the molecule is O=C(NCCC(=O)N1CCCC1)NCC[C@H](O)C(=O)O. The van der Waals surface area contributed by atoms with Crippen LogP contribution in [-0.4, -0.2) is 65.3 Å². The van der Waals surface area contributed by atoms with Crippen molar-refractivity contribution in [2.24, 2.45) is 0 Å². The Bertz CT molecular complexity index is 355. The maximum Gasteiger partial charge on any atom is 0.332 e. The van der Waals surface area contributed by atoms with Crippen molar-refractivity contribution in [2.75, 3.05) is 26.2 Å². The first-order chi connectivity index (χ1) is 9.50. The van der Waals surface area contributed by atoms with Gasteiger partial charge in [0.15, 0.2) is 6.10 Å². The topological polar surface area (TPSA) is 119 Å². The fourth-order valence-electron chi connectivity index (χ4n) is 1.92. The predicted octanol–water partition coefficient (Wildman–Crippen LogP) is -0.866. The van der Waals surface area contributed by atoms with Gasteiger partial charge in [-0.3, -0.25) is 4.79 Å². The molecule has 0 aromatic heterocycles. The van der Waals surface area contributed by atoms with Gasteiger partial charge in [0.25, 0.3) is 0 Å². The van der Waals surface area contributed by atoms with Crippen molar-refractivity contribution < 1.29 is 24.6 Å². The number of likely N-dealkylation sites (tertiary alicyclic amines) is 1. The Labute approximate surface area is 117 Å². The number of urea groups is 1. The first-order valence-electron chi connectivity index (χ1n) is 6.71. The molecule has 0 aromatic carbocycles. The molecule has 114 valence electrons. The van der Waals surface area contributed by atoms with Gasteiger partial charge in [0, 0.05) is 39.0 Å². The molecule has 1 rings (SSSR count). The van der Waals surface area contributed by atoms with Crippen LogP contribution in [0.5, 0.6) is 0 Å². The molecular formula is C12H21N3O5. The summed E-state index contributed by atoms with van der Waals surface area (Å²) in [5.74, 6) is -1.28. The Morgan fingerprint density at radius 1 is 1.10 bits per heavy atom. The molecule has 1 atom stereocenters. The number of carbonyl (C=O) groups excluding carboxylic acids is 2. The van der Waals surface area contributed by atoms with Crippen LogP contribution in [0.3, 0.4) is 0 Å². The molecule has 8 nitrogen and oxygen atoms in total. The standard InChI is InChI=1S/C12H21N3O5/c16-9(11(18)19)3-5-13-12(20)14-6-4-10(17)15-7-1-2-8-15/h9,16H,1-8H2,(H,18,19)(H2,13,14,20)/t9-/m0/s1. The molecule has 0 saturated carbocycles. The Kier molecular flexibility index (Phi) is 6.78. The van der Waals surface area contributed by atoms with Crippen LogP contribution >= 0.6 is 0 Å². The van der Waals surface area contributed by atoms with E-state index in [2.05, 4.69) is 10.6 Å². The number of rotatable bonds is 7. The second-order valence-electron chi connectivity index (χ2n) is 4.66. The van der Waals surface area contributed by atoms with Gasteiger partial charge in [0.1, 0.15) is 0 Å². The van der Waals surface area contributed by atoms with Gasteiger partial charge in [0.2, 0.25) is 5.91 Å². The van der Waals surface area contributed by atoms with Crippen molar-refractivity contribution in [2.45, 2.75) is 31.8 Å². The summed E-state index contributed by atoms with van der Waals surface area (Å²) in [5, 5.41) is 22.3. The molecule has 1 fully saturated rings. The highest BCUT2D eigenvalue weighted by atomic mass is 16.4. The van der Waals surface area contributed by atoms with Crippen LogP contribution < -0.4 is 10.6 Å². The van der Waals surface area contributed by atoms with Gasteiger partial charge in [-0.2, -0.15) is 0 Å². The average molecular weight is 287 g/mol. The molecule has 3 amide bonds. The fourth-order valence-corrected chi connectivity index (χ4v) is 1.92. The number of aliphatic carboxylic acids is 1. The lowest BCUT2D eigenvalue weighted by Crippen LogP contribution is -2.39. The van der Waals surface area contributed by atoms with E-state index in [0.717, 1.165) is 25.9 Å². The van der Waals surface area contributed by atoms with E-state index >= 15 is 0 Å². The molecule has 20 heavy (non-hydrogen) atoms. The lowest BCUT2D eigenvalue weighted by atomic mass is 10.2. The Morgan fingerprint density at radius 2 is 1.70 bits per heavy atom. The van der Waals surface area contributed by atoms with E-state index in [9.17, 15) is 14.4 Å². The van der Waals surface area contributed by atoms with E-state index in [1.54, 1.807) is 4.90 Å². The summed E-state index contributed by atoms with van der Waals surface area (Å²) in [6.45, 7) is 1.87. The molecule has 0 bridgehead atoms. The monoisotopic (exact) mass is 287 g/mol. The maximum absolute atomic E-state index is 11.7. The molecule has 4 N–H and O–H groups in total. The first-order valence-corrected chi connectivity index (χ1v) is 6.71. The van der Waals surface area contributed by atoms with Crippen LogP contribution in [0.1, 0.15) is 25.7 Å². The smallest absolute Gasteiger partial charge is 0.332 e. The van der Waals surface area contributed by atoms with E-state index in [1.807, 2.05) is 0 Å². The molecule has 1 heterocycles. The summed E-state index contributed by atoms with van der Waals surface area (Å²) in [7, 11) is 0. The van der Waals surface area contributed by atoms with Crippen LogP contribution in [0, 0.1) is 0 Å². The lowest BCUT2D eigenvalue weighted by Gasteiger charge is -2.15. The zero-order chi connectivity index (χ0) is 15.0. The number of amides is 3. The number of aliphatic hydroxyl groups is 1. The molecule has 0 unspecified atom stereocenters. The Hall–Kier alpha value is -1.83. The second kappa shape index (κ2) is 8.36. The van der Waals surface area contributed by atoms with E-state index in [-0.39, 0.29) is 31.8 Å². The van der Waals surface area contributed by atoms with Crippen molar-refractivity contribution in [1.29, 1.82) is 0 Å².